The summed E-state index contributed by atoms with van der Waals surface area (Å²) >= 11 is 0. The van der Waals surface area contributed by atoms with Crippen molar-refractivity contribution in [1.82, 2.24) is 0 Å². The van der Waals surface area contributed by atoms with Crippen molar-refractivity contribution < 1.29 is 24.1 Å². The third-order valence-corrected chi connectivity index (χ3v) is 1.46. The highest BCUT2D eigenvalue weighted by Crippen LogP contribution is 2.30. The Morgan fingerprint density at radius 2 is 2.08 bits per heavy atom. The van der Waals surface area contributed by atoms with Gasteiger partial charge < -0.3 is 14.9 Å². The SMILES string of the molecule is COC(=O)c1cc(F)cc(O)c1O. The van der Waals surface area contributed by atoms with Gasteiger partial charge in [0.25, 0.3) is 0 Å². The third kappa shape index (κ3) is 1.69. The molecule has 0 saturated carbocycles. The van der Waals surface area contributed by atoms with Gasteiger partial charge in [0.15, 0.2) is 11.5 Å². The molecule has 0 aliphatic rings. The molecule has 0 radical (unpaired) electrons. The molecule has 0 fully saturated rings. The minimum atomic E-state index is -0.910. The maximum Gasteiger partial charge on any atom is 0.341 e. The maximum absolute atomic E-state index is 12.6. The van der Waals surface area contributed by atoms with Crippen molar-refractivity contribution in [2.45, 2.75) is 0 Å². The Morgan fingerprint density at radius 3 is 2.62 bits per heavy atom. The van der Waals surface area contributed by atoms with Crippen molar-refractivity contribution in [2.75, 3.05) is 7.11 Å². The molecule has 1 rings (SSSR count). The Labute approximate surface area is 73.2 Å². The van der Waals surface area contributed by atoms with E-state index in [1.807, 2.05) is 0 Å². The van der Waals surface area contributed by atoms with E-state index in [4.69, 9.17) is 10.2 Å². The summed E-state index contributed by atoms with van der Waals surface area (Å²) < 4.78 is 16.9. The number of phenolic OH excluding ortho intramolecular Hbond substituents is 2. The average molecular weight is 186 g/mol. The minimum absolute atomic E-state index is 0.403. The summed E-state index contributed by atoms with van der Waals surface area (Å²) in [4.78, 5) is 10.9. The first-order chi connectivity index (χ1) is 6.06. The number of carbonyl (C=O) groups is 1. The number of methoxy groups -OCH3 is 1. The van der Waals surface area contributed by atoms with Gasteiger partial charge in [-0.2, -0.15) is 0 Å². The van der Waals surface area contributed by atoms with Crippen LogP contribution in [0.4, 0.5) is 4.39 Å². The summed E-state index contributed by atoms with van der Waals surface area (Å²) in [5, 5.41) is 18.0. The molecule has 0 spiro atoms. The number of ether oxygens (including phenoxy) is 1. The molecular weight excluding hydrogens is 179 g/mol. The fraction of sp³-hybridized carbons (Fsp3) is 0.125. The molecule has 70 valence electrons. The Balaban J connectivity index is 3.28. The van der Waals surface area contributed by atoms with Crippen LogP contribution in [0, 0.1) is 5.82 Å². The highest BCUT2D eigenvalue weighted by atomic mass is 19.1. The minimum Gasteiger partial charge on any atom is -0.504 e. The molecule has 0 unspecified atom stereocenters. The molecule has 0 atom stereocenters. The lowest BCUT2D eigenvalue weighted by atomic mass is 10.2. The Kier molecular flexibility index (Phi) is 2.36. The topological polar surface area (TPSA) is 66.8 Å². The van der Waals surface area contributed by atoms with Crippen LogP contribution in [0.3, 0.4) is 0 Å². The van der Waals surface area contributed by atoms with Crippen molar-refractivity contribution in [3.63, 3.8) is 0 Å². The van der Waals surface area contributed by atoms with Gasteiger partial charge in [-0.05, 0) is 6.07 Å². The van der Waals surface area contributed by atoms with E-state index in [1.165, 1.54) is 0 Å². The van der Waals surface area contributed by atoms with Gasteiger partial charge >= 0.3 is 5.97 Å². The molecule has 5 heteroatoms. The largest absolute Gasteiger partial charge is 0.504 e. The average Bonchev–Trinajstić information content (AvgIpc) is 2.10. The van der Waals surface area contributed by atoms with E-state index in [0.29, 0.717) is 6.07 Å². The number of esters is 1. The van der Waals surface area contributed by atoms with Crippen molar-refractivity contribution in [1.29, 1.82) is 0 Å². The molecule has 13 heavy (non-hydrogen) atoms. The number of hydrogen-bond donors (Lipinski definition) is 2. The highest BCUT2D eigenvalue weighted by molar-refractivity contribution is 5.93. The number of hydrogen-bond acceptors (Lipinski definition) is 4. The summed E-state index contributed by atoms with van der Waals surface area (Å²) in [7, 11) is 1.09. The monoisotopic (exact) mass is 186 g/mol. The second kappa shape index (κ2) is 3.30. The van der Waals surface area contributed by atoms with Gasteiger partial charge in [0.1, 0.15) is 11.4 Å². The smallest absolute Gasteiger partial charge is 0.341 e. The molecule has 2 N–H and O–H groups in total. The molecule has 0 amide bonds. The number of phenols is 2. The van der Waals surface area contributed by atoms with Crippen LogP contribution in [0.25, 0.3) is 0 Å². The van der Waals surface area contributed by atoms with E-state index in [2.05, 4.69) is 4.74 Å². The van der Waals surface area contributed by atoms with Gasteiger partial charge in [0, 0.05) is 6.07 Å². The number of halogens is 1. The molecular formula is C8H7FO4. The summed E-state index contributed by atoms with van der Waals surface area (Å²) in [6.45, 7) is 0. The molecule has 0 aliphatic carbocycles. The van der Waals surface area contributed by atoms with E-state index in [-0.39, 0.29) is 0 Å². The van der Waals surface area contributed by atoms with Gasteiger partial charge in [-0.3, -0.25) is 0 Å². The molecule has 0 saturated heterocycles. The number of rotatable bonds is 1. The molecule has 1 aromatic carbocycles. The second-order valence-corrected chi connectivity index (χ2v) is 2.31. The molecule has 1 aromatic rings. The van der Waals surface area contributed by atoms with Crippen molar-refractivity contribution in [3.8, 4) is 11.5 Å². The lowest BCUT2D eigenvalue weighted by molar-refractivity contribution is 0.0596. The van der Waals surface area contributed by atoms with Gasteiger partial charge in [-0.1, -0.05) is 0 Å². The lowest BCUT2D eigenvalue weighted by Crippen LogP contribution is -2.02. The second-order valence-electron chi connectivity index (χ2n) is 2.31. The number of aromatic hydroxyl groups is 2. The van der Waals surface area contributed by atoms with Crippen LogP contribution in [0.15, 0.2) is 12.1 Å². The summed E-state index contributed by atoms with van der Waals surface area (Å²) in [5.41, 5.74) is -0.403. The van der Waals surface area contributed by atoms with E-state index < -0.39 is 28.8 Å². The van der Waals surface area contributed by atoms with Gasteiger partial charge in [-0.25, -0.2) is 9.18 Å². The third-order valence-electron chi connectivity index (χ3n) is 1.46. The highest BCUT2D eigenvalue weighted by Gasteiger charge is 2.16. The van der Waals surface area contributed by atoms with E-state index in [1.54, 1.807) is 0 Å². The van der Waals surface area contributed by atoms with E-state index in [0.717, 1.165) is 13.2 Å². The zero-order valence-electron chi connectivity index (χ0n) is 6.74. The Morgan fingerprint density at radius 1 is 1.46 bits per heavy atom. The fourth-order valence-corrected chi connectivity index (χ4v) is 0.850. The van der Waals surface area contributed by atoms with Gasteiger partial charge in [0.2, 0.25) is 0 Å². The first-order valence-electron chi connectivity index (χ1n) is 3.36. The fourth-order valence-electron chi connectivity index (χ4n) is 0.850. The number of benzene rings is 1. The summed E-state index contributed by atoms with van der Waals surface area (Å²) in [6, 6.07) is 1.47. The van der Waals surface area contributed by atoms with Crippen LogP contribution < -0.4 is 0 Å². The first-order valence-corrected chi connectivity index (χ1v) is 3.36. The predicted octanol–water partition coefficient (Wildman–Crippen LogP) is 1.02. The number of carbonyl (C=O) groups excluding carboxylic acids is 1. The van der Waals surface area contributed by atoms with Crippen LogP contribution in [0.1, 0.15) is 10.4 Å². The van der Waals surface area contributed by atoms with Crippen LogP contribution >= 0.6 is 0 Å². The van der Waals surface area contributed by atoms with Crippen molar-refractivity contribution >= 4 is 5.97 Å². The zero-order chi connectivity index (χ0) is 10.0. The van der Waals surface area contributed by atoms with Crippen LogP contribution in [-0.2, 0) is 4.74 Å². The van der Waals surface area contributed by atoms with Crippen molar-refractivity contribution in [2.24, 2.45) is 0 Å². The quantitative estimate of drug-likeness (QED) is 0.507. The molecule has 0 heterocycles. The lowest BCUT2D eigenvalue weighted by Gasteiger charge is -2.03. The van der Waals surface area contributed by atoms with E-state index >= 15 is 0 Å². The summed E-state index contributed by atoms with van der Waals surface area (Å²) in [6.07, 6.45) is 0. The van der Waals surface area contributed by atoms with E-state index in [9.17, 15) is 9.18 Å². The molecule has 0 aromatic heterocycles. The predicted molar refractivity (Wildman–Crippen MR) is 41.1 cm³/mol. The normalized spacial score (nSPS) is 9.69. The van der Waals surface area contributed by atoms with Crippen LogP contribution in [-0.4, -0.2) is 23.3 Å². The van der Waals surface area contributed by atoms with Gasteiger partial charge in [-0.15, -0.1) is 0 Å². The Bertz CT molecular complexity index is 348. The maximum atomic E-state index is 12.6. The first kappa shape index (κ1) is 9.31. The summed E-state index contributed by atoms with van der Waals surface area (Å²) in [5.74, 6) is -3.11. The van der Waals surface area contributed by atoms with Crippen LogP contribution in [0.2, 0.25) is 0 Å². The van der Waals surface area contributed by atoms with Crippen molar-refractivity contribution in [3.05, 3.63) is 23.5 Å². The van der Waals surface area contributed by atoms with Crippen LogP contribution in [0.5, 0.6) is 11.5 Å². The zero-order valence-corrected chi connectivity index (χ0v) is 6.74. The standard InChI is InChI=1S/C8H7FO4/c1-13-8(12)5-2-4(9)3-6(10)7(5)11/h2-3,10-11H,1H3. The Hall–Kier alpha value is -1.78. The van der Waals surface area contributed by atoms with Gasteiger partial charge in [0.05, 0.1) is 7.11 Å². The molecule has 0 bridgehead atoms. The molecule has 0 aliphatic heterocycles. The molecule has 4 nitrogen and oxygen atoms in total.